The number of fused-ring (bicyclic) bond motifs is 1. The predicted octanol–water partition coefficient (Wildman–Crippen LogP) is 2.05. The summed E-state index contributed by atoms with van der Waals surface area (Å²) in [5.41, 5.74) is 5.03. The highest BCUT2D eigenvalue weighted by molar-refractivity contribution is 6.24. The van der Waals surface area contributed by atoms with E-state index in [1.807, 2.05) is 6.92 Å². The number of hydrogen-bond donors (Lipinski definition) is 1. The lowest BCUT2D eigenvalue weighted by atomic mass is 9.89. The SMILES string of the molecule is CCNOCc1ccc2c(c1)C(=O)C=C(C)C2=O. The first kappa shape index (κ1) is 12.7. The molecule has 0 spiro atoms. The van der Waals surface area contributed by atoms with Gasteiger partial charge < -0.3 is 0 Å². The third kappa shape index (κ3) is 2.39. The molecule has 1 aliphatic carbocycles. The van der Waals surface area contributed by atoms with Crippen LogP contribution < -0.4 is 5.48 Å². The summed E-state index contributed by atoms with van der Waals surface area (Å²) in [6.45, 7) is 4.67. The van der Waals surface area contributed by atoms with E-state index in [0.717, 1.165) is 5.56 Å². The smallest absolute Gasteiger partial charge is 0.189 e. The van der Waals surface area contributed by atoms with Gasteiger partial charge in [0.2, 0.25) is 0 Å². The zero-order chi connectivity index (χ0) is 13.1. The van der Waals surface area contributed by atoms with Crippen molar-refractivity contribution in [1.29, 1.82) is 0 Å². The molecule has 1 aromatic carbocycles. The van der Waals surface area contributed by atoms with Gasteiger partial charge in [-0.3, -0.25) is 14.4 Å². The number of hydroxylamine groups is 1. The summed E-state index contributed by atoms with van der Waals surface area (Å²) in [6.07, 6.45) is 1.39. The minimum Gasteiger partial charge on any atom is -0.297 e. The Labute approximate surface area is 106 Å². The monoisotopic (exact) mass is 245 g/mol. The van der Waals surface area contributed by atoms with Crippen LogP contribution >= 0.6 is 0 Å². The molecular formula is C14H15NO3. The Hall–Kier alpha value is -1.78. The number of nitrogens with one attached hydrogen (secondary N) is 1. The predicted molar refractivity (Wildman–Crippen MR) is 67.3 cm³/mol. The molecule has 94 valence electrons. The van der Waals surface area contributed by atoms with Crippen molar-refractivity contribution < 1.29 is 14.4 Å². The van der Waals surface area contributed by atoms with Crippen molar-refractivity contribution in [3.05, 3.63) is 46.5 Å². The highest BCUT2D eigenvalue weighted by atomic mass is 16.6. The highest BCUT2D eigenvalue weighted by Gasteiger charge is 2.23. The zero-order valence-corrected chi connectivity index (χ0v) is 10.4. The van der Waals surface area contributed by atoms with Gasteiger partial charge in [-0.25, -0.2) is 5.48 Å². The molecule has 0 saturated heterocycles. The Morgan fingerprint density at radius 2 is 2.00 bits per heavy atom. The second-order valence-electron chi connectivity index (χ2n) is 4.19. The van der Waals surface area contributed by atoms with Crippen LogP contribution in [0.25, 0.3) is 0 Å². The standard InChI is InChI=1S/C14H15NO3/c1-3-15-18-8-10-4-5-11-12(7-10)13(16)6-9(2)14(11)17/h4-7,15H,3,8H2,1-2H3. The summed E-state index contributed by atoms with van der Waals surface area (Å²) in [7, 11) is 0. The van der Waals surface area contributed by atoms with Crippen LogP contribution in [-0.4, -0.2) is 18.1 Å². The highest BCUT2D eigenvalue weighted by Crippen LogP contribution is 2.22. The fraction of sp³-hybridized carbons (Fsp3) is 0.286. The molecule has 18 heavy (non-hydrogen) atoms. The van der Waals surface area contributed by atoms with E-state index in [0.29, 0.717) is 29.9 Å². The number of hydrogen-bond acceptors (Lipinski definition) is 4. The summed E-state index contributed by atoms with van der Waals surface area (Å²) < 4.78 is 0. The van der Waals surface area contributed by atoms with Crippen LogP contribution in [0.3, 0.4) is 0 Å². The van der Waals surface area contributed by atoms with E-state index >= 15 is 0 Å². The minimum atomic E-state index is -0.118. The molecule has 0 saturated carbocycles. The number of ketones is 2. The number of carbonyl (C=O) groups excluding carboxylic acids is 2. The molecule has 0 bridgehead atoms. The molecule has 1 aromatic rings. The molecule has 0 fully saturated rings. The second kappa shape index (κ2) is 5.25. The van der Waals surface area contributed by atoms with Gasteiger partial charge in [0.15, 0.2) is 11.6 Å². The summed E-state index contributed by atoms with van der Waals surface area (Å²) in [6, 6.07) is 5.21. The molecule has 1 aliphatic rings. The number of allylic oxidation sites excluding steroid dienone is 2. The van der Waals surface area contributed by atoms with Crippen LogP contribution in [0.1, 0.15) is 40.1 Å². The number of rotatable bonds is 4. The molecule has 0 aromatic heterocycles. The maximum Gasteiger partial charge on any atom is 0.189 e. The Balaban J connectivity index is 2.26. The van der Waals surface area contributed by atoms with Crippen LogP contribution in [0.15, 0.2) is 29.8 Å². The summed E-state index contributed by atoms with van der Waals surface area (Å²) in [5.74, 6) is -0.198. The Kier molecular flexibility index (Phi) is 3.69. The van der Waals surface area contributed by atoms with Crippen molar-refractivity contribution >= 4 is 11.6 Å². The van der Waals surface area contributed by atoms with Gasteiger partial charge in [0.05, 0.1) is 6.61 Å². The average Bonchev–Trinajstić information content (AvgIpc) is 2.36. The van der Waals surface area contributed by atoms with Crippen molar-refractivity contribution in [2.45, 2.75) is 20.5 Å². The zero-order valence-electron chi connectivity index (χ0n) is 10.4. The molecule has 1 N–H and O–H groups in total. The second-order valence-corrected chi connectivity index (χ2v) is 4.19. The molecule has 4 nitrogen and oxygen atoms in total. The van der Waals surface area contributed by atoms with Gasteiger partial charge in [-0.2, -0.15) is 0 Å². The van der Waals surface area contributed by atoms with Crippen LogP contribution in [-0.2, 0) is 11.4 Å². The van der Waals surface area contributed by atoms with E-state index < -0.39 is 0 Å². The van der Waals surface area contributed by atoms with Gasteiger partial charge in [0.1, 0.15) is 0 Å². The molecule has 0 aliphatic heterocycles. The van der Waals surface area contributed by atoms with Crippen LogP contribution in [0.2, 0.25) is 0 Å². The van der Waals surface area contributed by atoms with Gasteiger partial charge in [0, 0.05) is 23.2 Å². The van der Waals surface area contributed by atoms with Gasteiger partial charge in [-0.1, -0.05) is 13.0 Å². The van der Waals surface area contributed by atoms with Crippen molar-refractivity contribution in [2.75, 3.05) is 6.54 Å². The summed E-state index contributed by atoms with van der Waals surface area (Å²) in [5, 5.41) is 0. The van der Waals surface area contributed by atoms with Crippen LogP contribution in [0.4, 0.5) is 0 Å². The molecule has 0 radical (unpaired) electrons. The fourth-order valence-corrected chi connectivity index (χ4v) is 1.87. The van der Waals surface area contributed by atoms with E-state index in [1.165, 1.54) is 6.08 Å². The van der Waals surface area contributed by atoms with Crippen molar-refractivity contribution in [1.82, 2.24) is 5.48 Å². The van der Waals surface area contributed by atoms with E-state index in [2.05, 4.69) is 5.48 Å². The van der Waals surface area contributed by atoms with Crippen molar-refractivity contribution in [3.63, 3.8) is 0 Å². The maximum atomic E-state index is 11.9. The maximum absolute atomic E-state index is 11.9. The molecule has 0 unspecified atom stereocenters. The normalized spacial score (nSPS) is 14.4. The van der Waals surface area contributed by atoms with E-state index in [9.17, 15) is 9.59 Å². The van der Waals surface area contributed by atoms with E-state index in [-0.39, 0.29) is 11.6 Å². The lowest BCUT2D eigenvalue weighted by Crippen LogP contribution is -2.17. The topological polar surface area (TPSA) is 55.4 Å². The van der Waals surface area contributed by atoms with Gasteiger partial charge in [-0.05, 0) is 30.7 Å². The first-order chi connectivity index (χ1) is 8.63. The van der Waals surface area contributed by atoms with Crippen LogP contribution in [0, 0.1) is 0 Å². The quantitative estimate of drug-likeness (QED) is 0.651. The molecule has 2 rings (SSSR count). The van der Waals surface area contributed by atoms with Crippen molar-refractivity contribution in [2.24, 2.45) is 0 Å². The summed E-state index contributed by atoms with van der Waals surface area (Å²) >= 11 is 0. The van der Waals surface area contributed by atoms with Crippen molar-refractivity contribution in [3.8, 4) is 0 Å². The first-order valence-corrected chi connectivity index (χ1v) is 5.88. The van der Waals surface area contributed by atoms with E-state index in [4.69, 9.17) is 4.84 Å². The largest absolute Gasteiger partial charge is 0.297 e. The lowest BCUT2D eigenvalue weighted by molar-refractivity contribution is 0.0313. The molecule has 0 atom stereocenters. The fourth-order valence-electron chi connectivity index (χ4n) is 1.87. The third-order valence-corrected chi connectivity index (χ3v) is 2.79. The molecule has 4 heteroatoms. The Morgan fingerprint density at radius 1 is 1.22 bits per heavy atom. The van der Waals surface area contributed by atoms with Gasteiger partial charge >= 0.3 is 0 Å². The molecule has 0 amide bonds. The average molecular weight is 245 g/mol. The Morgan fingerprint density at radius 3 is 2.72 bits per heavy atom. The Bertz CT molecular complexity index is 532. The molecule has 0 heterocycles. The lowest BCUT2D eigenvalue weighted by Gasteiger charge is -2.13. The number of Topliss-reactive ketones (excluding diaryl/α,β-unsaturated/α-hetero) is 1. The van der Waals surface area contributed by atoms with Gasteiger partial charge in [0.25, 0.3) is 0 Å². The minimum absolute atomic E-state index is 0.0799. The van der Waals surface area contributed by atoms with E-state index in [1.54, 1.807) is 25.1 Å². The van der Waals surface area contributed by atoms with Gasteiger partial charge in [-0.15, -0.1) is 0 Å². The summed E-state index contributed by atoms with van der Waals surface area (Å²) in [4.78, 5) is 28.9. The number of benzene rings is 1. The third-order valence-electron chi connectivity index (χ3n) is 2.79. The molecular weight excluding hydrogens is 230 g/mol. The first-order valence-electron chi connectivity index (χ1n) is 5.88. The van der Waals surface area contributed by atoms with Crippen LogP contribution in [0.5, 0.6) is 0 Å². The number of carbonyl (C=O) groups is 2.